The number of nitrogens with one attached hydrogen (secondary N) is 2. The van der Waals surface area contributed by atoms with Crippen LogP contribution in [-0.4, -0.2) is 12.5 Å². The van der Waals surface area contributed by atoms with Crippen molar-refractivity contribution < 1.29 is 9.18 Å². The van der Waals surface area contributed by atoms with E-state index in [-0.39, 0.29) is 18.3 Å². The summed E-state index contributed by atoms with van der Waals surface area (Å²) in [6.07, 6.45) is 0. The van der Waals surface area contributed by atoms with E-state index in [1.807, 2.05) is 19.1 Å². The predicted molar refractivity (Wildman–Crippen MR) is 79.7 cm³/mol. The van der Waals surface area contributed by atoms with Crippen LogP contribution in [0.15, 0.2) is 42.5 Å². The molecule has 2 aromatic rings. The molecule has 2 aromatic carbocycles. The largest absolute Gasteiger partial charge is 0.376 e. The van der Waals surface area contributed by atoms with E-state index in [1.54, 1.807) is 12.1 Å². The average molecular weight is 293 g/mol. The maximum atomic E-state index is 13.0. The van der Waals surface area contributed by atoms with Gasteiger partial charge >= 0.3 is 0 Å². The highest BCUT2D eigenvalue weighted by Crippen LogP contribution is 2.19. The first-order valence-electron chi connectivity index (χ1n) is 6.10. The molecule has 0 unspecified atom stereocenters. The Labute approximate surface area is 121 Å². The van der Waals surface area contributed by atoms with Gasteiger partial charge in [-0.2, -0.15) is 0 Å². The summed E-state index contributed by atoms with van der Waals surface area (Å²) in [4.78, 5) is 11.7. The molecule has 0 aliphatic rings. The minimum atomic E-state index is -0.388. The number of benzene rings is 2. The highest BCUT2D eigenvalue weighted by molar-refractivity contribution is 6.31. The Morgan fingerprint density at radius 1 is 1.20 bits per heavy atom. The van der Waals surface area contributed by atoms with Crippen molar-refractivity contribution in [3.05, 3.63) is 58.9 Å². The van der Waals surface area contributed by atoms with E-state index in [4.69, 9.17) is 11.6 Å². The molecule has 0 saturated carbocycles. The number of halogens is 2. The molecule has 0 aliphatic heterocycles. The van der Waals surface area contributed by atoms with Crippen LogP contribution in [0.1, 0.15) is 5.56 Å². The molecular weight excluding hydrogens is 279 g/mol. The zero-order chi connectivity index (χ0) is 14.5. The summed E-state index contributed by atoms with van der Waals surface area (Å²) >= 11 is 5.99. The Morgan fingerprint density at radius 3 is 2.70 bits per heavy atom. The molecule has 0 aromatic heterocycles. The molecule has 5 heteroatoms. The van der Waals surface area contributed by atoms with E-state index in [2.05, 4.69) is 10.6 Å². The van der Waals surface area contributed by atoms with Gasteiger partial charge in [-0.15, -0.1) is 0 Å². The highest BCUT2D eigenvalue weighted by Gasteiger charge is 2.04. The van der Waals surface area contributed by atoms with E-state index in [1.165, 1.54) is 18.2 Å². The third kappa shape index (κ3) is 3.96. The van der Waals surface area contributed by atoms with Crippen molar-refractivity contribution in [2.24, 2.45) is 0 Å². The van der Waals surface area contributed by atoms with Gasteiger partial charge in [-0.25, -0.2) is 4.39 Å². The van der Waals surface area contributed by atoms with Crippen LogP contribution in [0.2, 0.25) is 5.02 Å². The van der Waals surface area contributed by atoms with Crippen molar-refractivity contribution in [1.29, 1.82) is 0 Å². The summed E-state index contributed by atoms with van der Waals surface area (Å²) in [5.74, 6) is -0.645. The van der Waals surface area contributed by atoms with Crippen LogP contribution < -0.4 is 10.6 Å². The topological polar surface area (TPSA) is 41.1 Å². The molecule has 2 N–H and O–H groups in total. The first-order valence-corrected chi connectivity index (χ1v) is 6.48. The van der Waals surface area contributed by atoms with Gasteiger partial charge < -0.3 is 10.6 Å². The van der Waals surface area contributed by atoms with Crippen LogP contribution in [0.3, 0.4) is 0 Å². The van der Waals surface area contributed by atoms with Crippen LogP contribution in [0.5, 0.6) is 0 Å². The monoisotopic (exact) mass is 292 g/mol. The minimum absolute atomic E-state index is 0.0793. The standard InChI is InChI=1S/C15H14ClFN2O/c1-10-5-6-12(8-14(10)16)18-9-15(20)19-13-4-2-3-11(17)7-13/h2-8,18H,9H2,1H3,(H,19,20). The Balaban J connectivity index is 1.90. The Bertz CT molecular complexity index is 631. The third-order valence-corrected chi connectivity index (χ3v) is 3.14. The summed E-state index contributed by atoms with van der Waals surface area (Å²) in [5.41, 5.74) is 2.16. The van der Waals surface area contributed by atoms with Gasteiger partial charge in [0, 0.05) is 16.4 Å². The minimum Gasteiger partial charge on any atom is -0.376 e. The first-order chi connectivity index (χ1) is 9.54. The van der Waals surface area contributed by atoms with E-state index >= 15 is 0 Å². The molecule has 0 heterocycles. The van der Waals surface area contributed by atoms with Gasteiger partial charge in [-0.3, -0.25) is 4.79 Å². The van der Waals surface area contributed by atoms with Crippen molar-refractivity contribution in [2.75, 3.05) is 17.2 Å². The zero-order valence-corrected chi connectivity index (χ0v) is 11.7. The lowest BCUT2D eigenvalue weighted by molar-refractivity contribution is -0.114. The van der Waals surface area contributed by atoms with Gasteiger partial charge in [0.05, 0.1) is 6.54 Å². The molecule has 0 saturated heterocycles. The number of anilines is 2. The van der Waals surface area contributed by atoms with Gasteiger partial charge in [-0.1, -0.05) is 23.7 Å². The van der Waals surface area contributed by atoms with Crippen molar-refractivity contribution in [2.45, 2.75) is 6.92 Å². The second-order valence-corrected chi connectivity index (χ2v) is 4.78. The lowest BCUT2D eigenvalue weighted by Gasteiger charge is -2.09. The molecule has 3 nitrogen and oxygen atoms in total. The van der Waals surface area contributed by atoms with Gasteiger partial charge in [0.2, 0.25) is 5.91 Å². The lowest BCUT2D eigenvalue weighted by atomic mass is 10.2. The van der Waals surface area contributed by atoms with Gasteiger partial charge in [-0.05, 0) is 42.8 Å². The second-order valence-electron chi connectivity index (χ2n) is 4.38. The molecule has 0 radical (unpaired) electrons. The molecule has 0 atom stereocenters. The Hall–Kier alpha value is -2.07. The van der Waals surface area contributed by atoms with Crippen molar-refractivity contribution in [3.63, 3.8) is 0 Å². The Kier molecular flexibility index (Phi) is 4.58. The molecule has 20 heavy (non-hydrogen) atoms. The summed E-state index contributed by atoms with van der Waals surface area (Å²) < 4.78 is 13.0. The molecular formula is C15H14ClFN2O. The van der Waals surface area contributed by atoms with E-state index in [9.17, 15) is 9.18 Å². The predicted octanol–water partition coefficient (Wildman–Crippen LogP) is 3.84. The number of amides is 1. The maximum Gasteiger partial charge on any atom is 0.243 e. The van der Waals surface area contributed by atoms with Crippen molar-refractivity contribution in [1.82, 2.24) is 0 Å². The van der Waals surface area contributed by atoms with Crippen LogP contribution in [-0.2, 0) is 4.79 Å². The van der Waals surface area contributed by atoms with Crippen LogP contribution in [0, 0.1) is 12.7 Å². The van der Waals surface area contributed by atoms with Gasteiger partial charge in [0.1, 0.15) is 5.82 Å². The highest BCUT2D eigenvalue weighted by atomic mass is 35.5. The van der Waals surface area contributed by atoms with E-state index in [0.29, 0.717) is 10.7 Å². The van der Waals surface area contributed by atoms with Crippen molar-refractivity contribution >= 4 is 28.9 Å². The van der Waals surface area contributed by atoms with Crippen LogP contribution in [0.25, 0.3) is 0 Å². The molecule has 0 fully saturated rings. The second kappa shape index (κ2) is 6.39. The quantitative estimate of drug-likeness (QED) is 0.899. The fourth-order valence-corrected chi connectivity index (χ4v) is 1.84. The van der Waals surface area contributed by atoms with E-state index < -0.39 is 0 Å². The Morgan fingerprint density at radius 2 is 2.00 bits per heavy atom. The van der Waals surface area contributed by atoms with E-state index in [0.717, 1.165) is 11.3 Å². The molecule has 104 valence electrons. The van der Waals surface area contributed by atoms with Crippen molar-refractivity contribution in [3.8, 4) is 0 Å². The fraction of sp³-hybridized carbons (Fsp3) is 0.133. The van der Waals surface area contributed by atoms with Gasteiger partial charge in [0.25, 0.3) is 0 Å². The number of aryl methyl sites for hydroxylation is 1. The zero-order valence-electron chi connectivity index (χ0n) is 10.9. The number of carbonyl (C=O) groups is 1. The molecule has 0 aliphatic carbocycles. The average Bonchev–Trinajstić information content (AvgIpc) is 2.40. The van der Waals surface area contributed by atoms with Crippen LogP contribution in [0.4, 0.5) is 15.8 Å². The van der Waals surface area contributed by atoms with Gasteiger partial charge in [0.15, 0.2) is 0 Å². The molecule has 0 spiro atoms. The molecule has 2 rings (SSSR count). The first kappa shape index (κ1) is 14.3. The number of carbonyl (C=O) groups excluding carboxylic acids is 1. The third-order valence-electron chi connectivity index (χ3n) is 2.73. The number of rotatable bonds is 4. The summed E-state index contributed by atoms with van der Waals surface area (Å²) in [6.45, 7) is 1.98. The SMILES string of the molecule is Cc1ccc(NCC(=O)Nc2cccc(F)c2)cc1Cl. The van der Waals surface area contributed by atoms with Crippen LogP contribution >= 0.6 is 11.6 Å². The maximum absolute atomic E-state index is 13.0. The lowest BCUT2D eigenvalue weighted by Crippen LogP contribution is -2.21. The molecule has 0 bridgehead atoms. The normalized spacial score (nSPS) is 10.2. The summed E-state index contributed by atoms with van der Waals surface area (Å²) in [5, 5.41) is 6.20. The number of hydrogen-bond donors (Lipinski definition) is 2. The number of hydrogen-bond acceptors (Lipinski definition) is 2. The molecule has 1 amide bonds. The fourth-order valence-electron chi connectivity index (χ4n) is 1.66. The smallest absolute Gasteiger partial charge is 0.243 e. The summed E-state index contributed by atoms with van der Waals surface area (Å²) in [7, 11) is 0. The summed E-state index contributed by atoms with van der Waals surface area (Å²) in [6, 6.07) is 11.2.